The Kier molecular flexibility index (Phi) is 3.96. The number of carbonyl (C=O) groups is 1. The molecule has 1 amide bonds. The third kappa shape index (κ3) is 2.77. The van der Waals surface area contributed by atoms with E-state index in [0.717, 1.165) is 16.3 Å². The molecule has 0 radical (unpaired) electrons. The van der Waals surface area contributed by atoms with Crippen LogP contribution in [0.3, 0.4) is 0 Å². The predicted molar refractivity (Wildman–Crippen MR) is 96.2 cm³/mol. The van der Waals surface area contributed by atoms with Crippen LogP contribution in [-0.4, -0.2) is 15.8 Å². The van der Waals surface area contributed by atoms with Gasteiger partial charge in [0.25, 0.3) is 5.91 Å². The summed E-state index contributed by atoms with van der Waals surface area (Å²) in [5.74, 6) is -0.00831. The lowest BCUT2D eigenvalue weighted by Gasteiger charge is -2.26. The molecule has 2 aromatic heterocycles. The number of nitrogens with zero attached hydrogens (tertiary/aromatic N) is 2. The van der Waals surface area contributed by atoms with Crippen LogP contribution in [0, 0.1) is 0 Å². The Morgan fingerprint density at radius 3 is 2.92 bits per heavy atom. The maximum absolute atomic E-state index is 12.8. The molecule has 6 heteroatoms. The number of nitrogens with one attached hydrogen (secondary N) is 1. The van der Waals surface area contributed by atoms with Gasteiger partial charge < -0.3 is 10.2 Å². The Hall–Kier alpha value is -2.37. The summed E-state index contributed by atoms with van der Waals surface area (Å²) in [7, 11) is 0. The molecule has 120 valence electrons. The van der Waals surface area contributed by atoms with Gasteiger partial charge in [0.15, 0.2) is 0 Å². The van der Waals surface area contributed by atoms with Crippen LogP contribution in [0.1, 0.15) is 27.1 Å². The van der Waals surface area contributed by atoms with Crippen LogP contribution in [0.2, 0.25) is 5.02 Å². The predicted octanol–water partition coefficient (Wildman–Crippen LogP) is 4.56. The number of amides is 1. The second kappa shape index (κ2) is 6.26. The van der Waals surface area contributed by atoms with E-state index in [2.05, 4.69) is 10.3 Å². The first-order chi connectivity index (χ1) is 11.7. The Morgan fingerprint density at radius 1 is 1.21 bits per heavy atom. The van der Waals surface area contributed by atoms with Crippen molar-refractivity contribution in [1.82, 2.24) is 9.88 Å². The SMILES string of the molecule is O=C1c2cccnc2C(Nc2cccc(Cl)c2)N1Cc1cccs1. The topological polar surface area (TPSA) is 45.2 Å². The summed E-state index contributed by atoms with van der Waals surface area (Å²) in [5, 5.41) is 6.06. The van der Waals surface area contributed by atoms with Gasteiger partial charge in [-0.3, -0.25) is 9.78 Å². The van der Waals surface area contributed by atoms with Crippen molar-refractivity contribution in [1.29, 1.82) is 0 Å². The van der Waals surface area contributed by atoms with Crippen molar-refractivity contribution in [2.24, 2.45) is 0 Å². The van der Waals surface area contributed by atoms with Gasteiger partial charge in [0.05, 0.1) is 17.8 Å². The molecule has 4 nitrogen and oxygen atoms in total. The molecule has 1 aromatic carbocycles. The second-order valence-electron chi connectivity index (χ2n) is 5.51. The van der Waals surface area contributed by atoms with Gasteiger partial charge in [0.2, 0.25) is 0 Å². The first-order valence-electron chi connectivity index (χ1n) is 7.53. The van der Waals surface area contributed by atoms with E-state index in [1.165, 1.54) is 0 Å². The van der Waals surface area contributed by atoms with Gasteiger partial charge in [-0.05, 0) is 41.8 Å². The number of fused-ring (bicyclic) bond motifs is 1. The minimum absolute atomic E-state index is 0.00831. The highest BCUT2D eigenvalue weighted by molar-refractivity contribution is 7.09. The number of hydrogen-bond donors (Lipinski definition) is 1. The standard InChI is InChI=1S/C18H14ClN3OS/c19-12-4-1-5-13(10-12)21-17-16-15(7-2-8-20-16)18(23)22(17)11-14-6-3-9-24-14/h1-10,17,21H,11H2. The van der Waals surface area contributed by atoms with E-state index in [0.29, 0.717) is 17.1 Å². The molecule has 0 aliphatic carbocycles. The monoisotopic (exact) mass is 355 g/mol. The van der Waals surface area contributed by atoms with Gasteiger partial charge in [-0.1, -0.05) is 23.7 Å². The number of hydrogen-bond acceptors (Lipinski definition) is 4. The zero-order chi connectivity index (χ0) is 16.5. The summed E-state index contributed by atoms with van der Waals surface area (Å²) >= 11 is 7.71. The summed E-state index contributed by atoms with van der Waals surface area (Å²) in [5.41, 5.74) is 2.25. The summed E-state index contributed by atoms with van der Waals surface area (Å²) in [6, 6.07) is 15.1. The van der Waals surface area contributed by atoms with Crippen LogP contribution in [0.15, 0.2) is 60.1 Å². The zero-order valence-electron chi connectivity index (χ0n) is 12.6. The second-order valence-corrected chi connectivity index (χ2v) is 6.97. The highest BCUT2D eigenvalue weighted by atomic mass is 35.5. The molecule has 1 atom stereocenters. The fraction of sp³-hybridized carbons (Fsp3) is 0.111. The van der Waals surface area contributed by atoms with Crippen LogP contribution in [0.5, 0.6) is 0 Å². The highest BCUT2D eigenvalue weighted by Gasteiger charge is 2.38. The normalized spacial score (nSPS) is 16.3. The van der Waals surface area contributed by atoms with Crippen molar-refractivity contribution in [2.75, 3.05) is 5.32 Å². The van der Waals surface area contributed by atoms with Gasteiger partial charge in [-0.25, -0.2) is 0 Å². The first-order valence-corrected chi connectivity index (χ1v) is 8.78. The Labute approximate surface area is 148 Å². The summed E-state index contributed by atoms with van der Waals surface area (Å²) < 4.78 is 0. The Balaban J connectivity index is 1.70. The van der Waals surface area contributed by atoms with E-state index < -0.39 is 0 Å². The molecule has 3 aromatic rings. The summed E-state index contributed by atoms with van der Waals surface area (Å²) in [6.45, 7) is 0.547. The average molecular weight is 356 g/mol. The molecule has 0 bridgehead atoms. The van der Waals surface area contributed by atoms with Crippen LogP contribution in [0.25, 0.3) is 0 Å². The summed E-state index contributed by atoms with van der Waals surface area (Å²) in [4.78, 5) is 20.2. The molecule has 1 aliphatic rings. The van der Waals surface area contributed by atoms with E-state index in [1.54, 1.807) is 23.6 Å². The van der Waals surface area contributed by atoms with E-state index in [4.69, 9.17) is 11.6 Å². The van der Waals surface area contributed by atoms with E-state index in [1.807, 2.05) is 52.7 Å². The molecule has 0 saturated carbocycles. The van der Waals surface area contributed by atoms with Crippen molar-refractivity contribution >= 4 is 34.5 Å². The average Bonchev–Trinajstić information content (AvgIpc) is 3.18. The third-order valence-corrected chi connectivity index (χ3v) is 5.03. The fourth-order valence-corrected chi connectivity index (χ4v) is 3.74. The van der Waals surface area contributed by atoms with Gasteiger partial charge in [0, 0.05) is 21.8 Å². The first kappa shape index (κ1) is 15.2. The smallest absolute Gasteiger partial charge is 0.258 e. The number of thiophene rings is 1. The number of anilines is 1. The number of carbonyl (C=O) groups excluding carboxylic acids is 1. The van der Waals surface area contributed by atoms with Crippen molar-refractivity contribution in [2.45, 2.75) is 12.7 Å². The Morgan fingerprint density at radius 2 is 2.12 bits per heavy atom. The largest absolute Gasteiger partial charge is 0.360 e. The third-order valence-electron chi connectivity index (χ3n) is 3.93. The molecule has 1 aliphatic heterocycles. The lowest BCUT2D eigenvalue weighted by atomic mass is 10.2. The van der Waals surface area contributed by atoms with Crippen LogP contribution in [0.4, 0.5) is 5.69 Å². The molecule has 0 fully saturated rings. The number of halogens is 1. The van der Waals surface area contributed by atoms with Crippen LogP contribution < -0.4 is 5.32 Å². The van der Waals surface area contributed by atoms with Crippen molar-refractivity contribution in [3.63, 3.8) is 0 Å². The molecule has 0 saturated heterocycles. The van der Waals surface area contributed by atoms with E-state index in [-0.39, 0.29) is 12.1 Å². The highest BCUT2D eigenvalue weighted by Crippen LogP contribution is 2.35. The van der Waals surface area contributed by atoms with Crippen molar-refractivity contribution in [3.05, 3.63) is 81.3 Å². The maximum atomic E-state index is 12.8. The molecular weight excluding hydrogens is 342 g/mol. The van der Waals surface area contributed by atoms with Crippen LogP contribution in [-0.2, 0) is 6.54 Å². The molecule has 4 rings (SSSR count). The minimum atomic E-state index is -0.311. The maximum Gasteiger partial charge on any atom is 0.258 e. The van der Waals surface area contributed by atoms with Crippen LogP contribution >= 0.6 is 22.9 Å². The van der Waals surface area contributed by atoms with E-state index >= 15 is 0 Å². The van der Waals surface area contributed by atoms with Gasteiger partial charge in [0.1, 0.15) is 6.17 Å². The van der Waals surface area contributed by atoms with Gasteiger partial charge in [-0.15, -0.1) is 11.3 Å². The summed E-state index contributed by atoms with van der Waals surface area (Å²) in [6.07, 6.45) is 1.40. The Bertz CT molecular complexity index is 881. The molecule has 24 heavy (non-hydrogen) atoms. The van der Waals surface area contributed by atoms with Crippen molar-refractivity contribution < 1.29 is 4.79 Å². The minimum Gasteiger partial charge on any atom is -0.360 e. The number of aromatic nitrogens is 1. The van der Waals surface area contributed by atoms with Gasteiger partial charge in [-0.2, -0.15) is 0 Å². The molecular formula is C18H14ClN3OS. The number of pyridine rings is 1. The van der Waals surface area contributed by atoms with Gasteiger partial charge >= 0.3 is 0 Å². The molecule has 1 N–H and O–H groups in total. The number of rotatable bonds is 4. The lowest BCUT2D eigenvalue weighted by Crippen LogP contribution is -2.31. The zero-order valence-corrected chi connectivity index (χ0v) is 14.2. The van der Waals surface area contributed by atoms with Crippen molar-refractivity contribution in [3.8, 4) is 0 Å². The lowest BCUT2D eigenvalue weighted by molar-refractivity contribution is 0.0729. The fourth-order valence-electron chi connectivity index (χ4n) is 2.85. The molecule has 0 spiro atoms. The molecule has 3 heterocycles. The number of benzene rings is 1. The molecule has 1 unspecified atom stereocenters. The quantitative estimate of drug-likeness (QED) is 0.746. The van der Waals surface area contributed by atoms with E-state index in [9.17, 15) is 4.79 Å².